The molecule has 3 heteroatoms. The molecule has 1 heterocycles. The van der Waals surface area contributed by atoms with Crippen molar-refractivity contribution in [3.05, 3.63) is 0 Å². The lowest BCUT2D eigenvalue weighted by Gasteiger charge is -2.44. The van der Waals surface area contributed by atoms with Gasteiger partial charge in [-0.3, -0.25) is 0 Å². The lowest BCUT2D eigenvalue weighted by atomic mass is 9.72. The first-order valence-corrected chi connectivity index (χ1v) is 9.55. The fraction of sp³-hybridized carbons (Fsp3) is 1.00. The molecule has 0 aromatic heterocycles. The van der Waals surface area contributed by atoms with Crippen LogP contribution in [0.15, 0.2) is 0 Å². The highest BCUT2D eigenvalue weighted by Crippen LogP contribution is 2.35. The molecule has 6 atom stereocenters. The van der Waals surface area contributed by atoms with Crippen LogP contribution in [0.4, 0.5) is 0 Å². The van der Waals surface area contributed by atoms with Crippen LogP contribution in [-0.4, -0.2) is 47.6 Å². The van der Waals surface area contributed by atoms with Gasteiger partial charge in [0.2, 0.25) is 0 Å². The van der Waals surface area contributed by atoms with Gasteiger partial charge in [-0.25, -0.2) is 0 Å². The molecule has 0 aromatic rings. The first-order valence-electron chi connectivity index (χ1n) is 8.60. The van der Waals surface area contributed by atoms with E-state index >= 15 is 0 Å². The summed E-state index contributed by atoms with van der Waals surface area (Å²) < 4.78 is 0. The van der Waals surface area contributed by atoms with Crippen LogP contribution in [0.2, 0.25) is 0 Å². The van der Waals surface area contributed by atoms with Gasteiger partial charge in [-0.15, -0.1) is 0 Å². The molecule has 1 saturated carbocycles. The van der Waals surface area contributed by atoms with Crippen molar-refractivity contribution in [1.82, 2.24) is 10.2 Å². The van der Waals surface area contributed by atoms with E-state index in [1.54, 1.807) is 0 Å². The normalized spacial score (nSPS) is 43.6. The molecule has 20 heavy (non-hydrogen) atoms. The summed E-state index contributed by atoms with van der Waals surface area (Å²) in [6.45, 7) is 16.9. The maximum absolute atomic E-state index is 3.78. The summed E-state index contributed by atoms with van der Waals surface area (Å²) in [5.74, 6) is 2.59. The highest BCUT2D eigenvalue weighted by atomic mass is 32.2. The Labute approximate surface area is 130 Å². The number of nitrogens with zero attached hydrogens (tertiary/aromatic N) is 1. The van der Waals surface area contributed by atoms with Crippen LogP contribution in [0.5, 0.6) is 0 Å². The van der Waals surface area contributed by atoms with Crippen molar-refractivity contribution in [1.29, 1.82) is 0 Å². The minimum Gasteiger partial charge on any atom is -0.314 e. The van der Waals surface area contributed by atoms with Gasteiger partial charge in [-0.05, 0) is 37.1 Å². The number of hydrogen-bond donors (Lipinski definition) is 1. The second-order valence-electron chi connectivity index (χ2n) is 7.36. The van der Waals surface area contributed by atoms with Gasteiger partial charge in [-0.1, -0.05) is 34.6 Å². The van der Waals surface area contributed by atoms with E-state index in [-0.39, 0.29) is 0 Å². The average Bonchev–Trinajstić information content (AvgIpc) is 2.32. The Hall–Kier alpha value is 0.270. The molecule has 1 aliphatic heterocycles. The fourth-order valence-electron chi connectivity index (χ4n) is 4.45. The second-order valence-corrected chi connectivity index (χ2v) is 9.24. The number of nitrogens with one attached hydrogen (secondary N) is 1. The smallest absolute Gasteiger partial charge is 0.0149 e. The molecule has 2 rings (SSSR count). The monoisotopic (exact) mass is 298 g/mol. The van der Waals surface area contributed by atoms with E-state index < -0.39 is 0 Å². The van der Waals surface area contributed by atoms with Crippen LogP contribution < -0.4 is 5.32 Å². The minimum atomic E-state index is 0.735. The number of rotatable bonds is 4. The summed E-state index contributed by atoms with van der Waals surface area (Å²) in [5, 5.41) is 5.38. The molecule has 0 bridgehead atoms. The lowest BCUT2D eigenvalue weighted by molar-refractivity contribution is 0.101. The van der Waals surface area contributed by atoms with Crippen molar-refractivity contribution >= 4 is 11.8 Å². The molecule has 2 nitrogen and oxygen atoms in total. The molecule has 0 aromatic carbocycles. The maximum atomic E-state index is 3.78. The van der Waals surface area contributed by atoms with Crippen molar-refractivity contribution in [3.63, 3.8) is 0 Å². The molecular weight excluding hydrogens is 264 g/mol. The fourth-order valence-corrected chi connectivity index (χ4v) is 5.83. The van der Waals surface area contributed by atoms with Crippen LogP contribution >= 0.6 is 11.8 Å². The first kappa shape index (κ1) is 16.6. The zero-order valence-corrected chi connectivity index (χ0v) is 14.9. The third kappa shape index (κ3) is 4.38. The lowest BCUT2D eigenvalue weighted by Crippen LogP contribution is -2.51. The average molecular weight is 299 g/mol. The molecule has 0 amide bonds. The van der Waals surface area contributed by atoms with E-state index in [9.17, 15) is 0 Å². The molecule has 1 saturated heterocycles. The van der Waals surface area contributed by atoms with Crippen LogP contribution in [0.25, 0.3) is 0 Å². The highest BCUT2D eigenvalue weighted by Gasteiger charge is 2.35. The minimum absolute atomic E-state index is 0.735. The van der Waals surface area contributed by atoms with E-state index in [2.05, 4.69) is 56.6 Å². The quantitative estimate of drug-likeness (QED) is 0.855. The maximum Gasteiger partial charge on any atom is 0.0149 e. The Morgan fingerprint density at radius 3 is 2.30 bits per heavy atom. The number of hydrogen-bond acceptors (Lipinski definition) is 3. The van der Waals surface area contributed by atoms with Gasteiger partial charge < -0.3 is 10.2 Å². The summed E-state index contributed by atoms with van der Waals surface area (Å²) in [6, 6.07) is 0.735. The van der Waals surface area contributed by atoms with E-state index in [4.69, 9.17) is 0 Å². The molecule has 2 fully saturated rings. The largest absolute Gasteiger partial charge is 0.314 e. The van der Waals surface area contributed by atoms with Gasteiger partial charge in [0.25, 0.3) is 0 Å². The Kier molecular flexibility index (Phi) is 6.25. The van der Waals surface area contributed by atoms with Crippen LogP contribution in [0.1, 0.15) is 47.5 Å². The van der Waals surface area contributed by atoms with Crippen molar-refractivity contribution in [3.8, 4) is 0 Å². The summed E-state index contributed by atoms with van der Waals surface area (Å²) in [4.78, 5) is 2.74. The summed E-state index contributed by atoms with van der Waals surface area (Å²) in [7, 11) is 0. The molecule has 0 radical (unpaired) electrons. The Balaban J connectivity index is 1.97. The van der Waals surface area contributed by atoms with Gasteiger partial charge in [0, 0.05) is 36.2 Å². The summed E-state index contributed by atoms with van der Waals surface area (Å²) >= 11 is 2.16. The van der Waals surface area contributed by atoms with E-state index in [0.29, 0.717) is 0 Å². The van der Waals surface area contributed by atoms with Crippen LogP contribution in [-0.2, 0) is 0 Å². The van der Waals surface area contributed by atoms with E-state index in [1.807, 2.05) is 0 Å². The van der Waals surface area contributed by atoms with Crippen LogP contribution in [0, 0.1) is 17.8 Å². The molecule has 6 unspecified atom stereocenters. The standard InChI is InChI=1S/C17H34N2S/c1-6-18-17-8-12(2)7-13(3)16(17)11-19-9-14(4)20-15(5)10-19/h12-18H,6-11H2,1-5H3. The predicted molar refractivity (Wildman–Crippen MR) is 91.5 cm³/mol. The van der Waals surface area contributed by atoms with Crippen molar-refractivity contribution in [2.75, 3.05) is 26.2 Å². The molecule has 1 aliphatic carbocycles. The predicted octanol–water partition coefficient (Wildman–Crippen LogP) is 3.47. The van der Waals surface area contributed by atoms with Gasteiger partial charge in [0.15, 0.2) is 0 Å². The Morgan fingerprint density at radius 2 is 1.70 bits per heavy atom. The van der Waals surface area contributed by atoms with E-state index in [1.165, 1.54) is 32.5 Å². The van der Waals surface area contributed by atoms with E-state index in [0.717, 1.165) is 40.8 Å². The van der Waals surface area contributed by atoms with Gasteiger partial charge >= 0.3 is 0 Å². The number of thioether (sulfide) groups is 1. The van der Waals surface area contributed by atoms with Gasteiger partial charge in [0.1, 0.15) is 0 Å². The van der Waals surface area contributed by atoms with Crippen LogP contribution in [0.3, 0.4) is 0 Å². The molecule has 0 spiro atoms. The molecule has 2 aliphatic rings. The first-order chi connectivity index (χ1) is 9.49. The van der Waals surface area contributed by atoms with Crippen molar-refractivity contribution in [2.24, 2.45) is 17.8 Å². The highest BCUT2D eigenvalue weighted by molar-refractivity contribution is 8.00. The van der Waals surface area contributed by atoms with Gasteiger partial charge in [-0.2, -0.15) is 11.8 Å². The Morgan fingerprint density at radius 1 is 1.05 bits per heavy atom. The third-order valence-electron chi connectivity index (χ3n) is 5.11. The Bertz CT molecular complexity index is 287. The topological polar surface area (TPSA) is 15.3 Å². The van der Waals surface area contributed by atoms with Crippen molar-refractivity contribution in [2.45, 2.75) is 64.0 Å². The third-order valence-corrected chi connectivity index (χ3v) is 6.34. The zero-order valence-electron chi connectivity index (χ0n) is 14.1. The SMILES string of the molecule is CCNC1CC(C)CC(C)C1CN1CC(C)SC(C)C1. The zero-order chi connectivity index (χ0) is 14.7. The summed E-state index contributed by atoms with van der Waals surface area (Å²) in [5.41, 5.74) is 0. The van der Waals surface area contributed by atoms with Gasteiger partial charge in [0.05, 0.1) is 0 Å². The second kappa shape index (κ2) is 7.51. The molecule has 118 valence electrons. The van der Waals surface area contributed by atoms with Crippen molar-refractivity contribution < 1.29 is 0 Å². The molecule has 1 N–H and O–H groups in total. The summed E-state index contributed by atoms with van der Waals surface area (Å²) in [6.07, 6.45) is 2.79. The molecular formula is C17H34N2S.